The highest BCUT2D eigenvalue weighted by atomic mass is 127. The van der Waals surface area contributed by atoms with Crippen LogP contribution < -0.4 is 15.4 Å². The minimum atomic E-state index is -0.870. The van der Waals surface area contributed by atoms with E-state index in [4.69, 9.17) is 9.47 Å². The van der Waals surface area contributed by atoms with E-state index in [-0.39, 0.29) is 24.0 Å². The van der Waals surface area contributed by atoms with Crippen molar-refractivity contribution >= 4 is 29.9 Å². The highest BCUT2D eigenvalue weighted by Crippen LogP contribution is 2.13. The SMILES string of the molecule is CCNC(=NCC(C)(O)CN1CCOCC1)NCCc1ccc(OCC(C)C)cc1.I. The highest BCUT2D eigenvalue weighted by molar-refractivity contribution is 14.0. The number of hydrogen-bond acceptors (Lipinski definition) is 5. The molecule has 1 aliphatic heterocycles. The summed E-state index contributed by atoms with van der Waals surface area (Å²) in [6.45, 7) is 14.6. The Balaban J connectivity index is 0.00000480. The van der Waals surface area contributed by atoms with E-state index < -0.39 is 5.60 Å². The maximum atomic E-state index is 10.7. The van der Waals surface area contributed by atoms with Gasteiger partial charge >= 0.3 is 0 Å². The van der Waals surface area contributed by atoms with Crippen molar-refractivity contribution in [1.29, 1.82) is 0 Å². The summed E-state index contributed by atoms with van der Waals surface area (Å²) in [4.78, 5) is 6.83. The van der Waals surface area contributed by atoms with Crippen LogP contribution in [0.5, 0.6) is 5.75 Å². The standard InChI is InChI=1S/C23H40N4O3.HI/c1-5-24-22(26-17-23(4,28)18-27-12-14-29-15-13-27)25-11-10-20-6-8-21(9-7-20)30-16-19(2)3;/h6-9,19,28H,5,10-18H2,1-4H3,(H2,24,25,26);1H. The number of nitrogens with one attached hydrogen (secondary N) is 2. The zero-order valence-electron chi connectivity index (χ0n) is 19.5. The molecule has 8 heteroatoms. The summed E-state index contributed by atoms with van der Waals surface area (Å²) in [5.41, 5.74) is 0.375. The first-order valence-electron chi connectivity index (χ1n) is 11.1. The maximum absolute atomic E-state index is 10.7. The van der Waals surface area contributed by atoms with Crippen molar-refractivity contribution in [3.05, 3.63) is 29.8 Å². The first-order chi connectivity index (χ1) is 14.4. The third kappa shape index (κ3) is 11.9. The van der Waals surface area contributed by atoms with Gasteiger partial charge in [-0.15, -0.1) is 24.0 Å². The van der Waals surface area contributed by atoms with Crippen molar-refractivity contribution in [2.24, 2.45) is 10.9 Å². The molecule has 1 atom stereocenters. The van der Waals surface area contributed by atoms with Crippen LogP contribution in [0.15, 0.2) is 29.3 Å². The smallest absolute Gasteiger partial charge is 0.191 e. The number of benzene rings is 1. The van der Waals surface area contributed by atoms with Crippen molar-refractivity contribution in [3.8, 4) is 5.75 Å². The van der Waals surface area contributed by atoms with Gasteiger partial charge in [-0.05, 0) is 43.9 Å². The van der Waals surface area contributed by atoms with Gasteiger partial charge in [0.2, 0.25) is 0 Å². The molecule has 2 rings (SSSR count). The fourth-order valence-electron chi connectivity index (χ4n) is 3.22. The quantitative estimate of drug-likeness (QED) is 0.224. The number of hydrogen-bond donors (Lipinski definition) is 3. The lowest BCUT2D eigenvalue weighted by Gasteiger charge is -2.33. The van der Waals surface area contributed by atoms with Crippen LogP contribution >= 0.6 is 24.0 Å². The molecule has 0 saturated carbocycles. The molecule has 1 aromatic carbocycles. The monoisotopic (exact) mass is 548 g/mol. The minimum Gasteiger partial charge on any atom is -0.493 e. The number of guanidine groups is 1. The molecule has 31 heavy (non-hydrogen) atoms. The number of β-amino-alcohol motifs (C(OH)–C–C–N with tert-alkyl or cyclic N) is 1. The summed E-state index contributed by atoms with van der Waals surface area (Å²) in [5, 5.41) is 17.4. The zero-order valence-corrected chi connectivity index (χ0v) is 21.9. The second-order valence-corrected chi connectivity index (χ2v) is 8.61. The fraction of sp³-hybridized carbons (Fsp3) is 0.696. The minimum absolute atomic E-state index is 0. The first-order valence-corrected chi connectivity index (χ1v) is 11.1. The number of nitrogens with zero attached hydrogens (tertiary/aromatic N) is 2. The summed E-state index contributed by atoms with van der Waals surface area (Å²) in [6, 6.07) is 8.27. The molecule has 1 aliphatic rings. The molecule has 0 bridgehead atoms. The topological polar surface area (TPSA) is 78.4 Å². The first kappa shape index (κ1) is 27.9. The number of morpholine rings is 1. The summed E-state index contributed by atoms with van der Waals surface area (Å²) in [5.74, 6) is 2.17. The Morgan fingerprint density at radius 3 is 2.52 bits per heavy atom. The molecule has 0 aromatic heterocycles. The van der Waals surface area contributed by atoms with E-state index in [1.54, 1.807) is 0 Å². The summed E-state index contributed by atoms with van der Waals surface area (Å²) < 4.78 is 11.1. The lowest BCUT2D eigenvalue weighted by molar-refractivity contribution is -0.0179. The Bertz CT molecular complexity index is 632. The van der Waals surface area contributed by atoms with E-state index in [2.05, 4.69) is 46.5 Å². The van der Waals surface area contributed by atoms with E-state index in [9.17, 15) is 5.11 Å². The molecule has 0 aliphatic carbocycles. The second kappa shape index (κ2) is 14.9. The molecular weight excluding hydrogens is 507 g/mol. The van der Waals surface area contributed by atoms with Crippen molar-refractivity contribution < 1.29 is 14.6 Å². The number of ether oxygens (including phenoxy) is 2. The second-order valence-electron chi connectivity index (χ2n) is 8.61. The number of halogens is 1. The van der Waals surface area contributed by atoms with E-state index in [0.29, 0.717) is 19.0 Å². The van der Waals surface area contributed by atoms with Crippen LogP contribution in [0.4, 0.5) is 0 Å². The van der Waals surface area contributed by atoms with Gasteiger partial charge < -0.3 is 25.2 Å². The van der Waals surface area contributed by atoms with E-state index in [1.165, 1.54) is 5.56 Å². The van der Waals surface area contributed by atoms with Gasteiger partial charge in [0.1, 0.15) is 5.75 Å². The average Bonchev–Trinajstić information content (AvgIpc) is 2.72. The van der Waals surface area contributed by atoms with Crippen LogP contribution in [0.2, 0.25) is 0 Å². The summed E-state index contributed by atoms with van der Waals surface area (Å²) in [7, 11) is 0. The predicted molar refractivity (Wildman–Crippen MR) is 138 cm³/mol. The van der Waals surface area contributed by atoms with Gasteiger partial charge in [-0.1, -0.05) is 26.0 Å². The lowest BCUT2D eigenvalue weighted by Crippen LogP contribution is -2.48. The Hall–Kier alpha value is -1.10. The predicted octanol–water partition coefficient (Wildman–Crippen LogP) is 2.52. The van der Waals surface area contributed by atoms with Gasteiger partial charge in [0, 0.05) is 32.7 Å². The molecule has 178 valence electrons. The molecule has 1 heterocycles. The van der Waals surface area contributed by atoms with Gasteiger partial charge in [0.25, 0.3) is 0 Å². The van der Waals surface area contributed by atoms with Crippen molar-refractivity contribution in [1.82, 2.24) is 15.5 Å². The zero-order chi connectivity index (χ0) is 21.8. The van der Waals surface area contributed by atoms with Gasteiger partial charge in [-0.25, -0.2) is 0 Å². The van der Waals surface area contributed by atoms with E-state index in [1.807, 2.05) is 26.0 Å². The van der Waals surface area contributed by atoms with Gasteiger partial charge in [0.05, 0.1) is 32.0 Å². The lowest BCUT2D eigenvalue weighted by atomic mass is 10.1. The Morgan fingerprint density at radius 1 is 1.23 bits per heavy atom. The molecule has 1 aromatic rings. The molecule has 0 spiro atoms. The third-order valence-corrected chi connectivity index (χ3v) is 4.80. The Kier molecular flexibility index (Phi) is 13.4. The van der Waals surface area contributed by atoms with Gasteiger partial charge in [-0.3, -0.25) is 9.89 Å². The van der Waals surface area contributed by atoms with Crippen molar-refractivity contribution in [2.75, 3.05) is 59.1 Å². The highest BCUT2D eigenvalue weighted by Gasteiger charge is 2.25. The largest absolute Gasteiger partial charge is 0.493 e. The van der Waals surface area contributed by atoms with Crippen LogP contribution in [-0.2, 0) is 11.2 Å². The van der Waals surface area contributed by atoms with Crippen LogP contribution in [0.1, 0.15) is 33.3 Å². The molecule has 3 N–H and O–H groups in total. The van der Waals surface area contributed by atoms with Gasteiger partial charge in [0.15, 0.2) is 5.96 Å². The average molecular weight is 549 g/mol. The third-order valence-electron chi connectivity index (χ3n) is 4.80. The fourth-order valence-corrected chi connectivity index (χ4v) is 3.22. The van der Waals surface area contributed by atoms with Crippen LogP contribution in [0.3, 0.4) is 0 Å². The molecular formula is C23H41IN4O3. The van der Waals surface area contributed by atoms with E-state index >= 15 is 0 Å². The summed E-state index contributed by atoms with van der Waals surface area (Å²) >= 11 is 0. The summed E-state index contributed by atoms with van der Waals surface area (Å²) in [6.07, 6.45) is 0.888. The Morgan fingerprint density at radius 2 is 1.90 bits per heavy atom. The molecule has 7 nitrogen and oxygen atoms in total. The van der Waals surface area contributed by atoms with Crippen molar-refractivity contribution in [2.45, 2.75) is 39.7 Å². The molecule has 1 saturated heterocycles. The number of aliphatic hydroxyl groups is 1. The van der Waals surface area contributed by atoms with E-state index in [0.717, 1.165) is 64.1 Å². The van der Waals surface area contributed by atoms with Gasteiger partial charge in [-0.2, -0.15) is 0 Å². The maximum Gasteiger partial charge on any atom is 0.191 e. The number of rotatable bonds is 11. The molecule has 0 amide bonds. The molecule has 1 unspecified atom stereocenters. The molecule has 0 radical (unpaired) electrons. The van der Waals surface area contributed by atoms with Crippen molar-refractivity contribution in [3.63, 3.8) is 0 Å². The number of aliphatic imine (C=N–C) groups is 1. The van der Waals surface area contributed by atoms with Crippen LogP contribution in [0, 0.1) is 5.92 Å². The van der Waals surface area contributed by atoms with Crippen LogP contribution in [0.25, 0.3) is 0 Å². The normalized spacial score (nSPS) is 17.0. The molecule has 1 fully saturated rings. The Labute approximate surface area is 205 Å². The van der Waals surface area contributed by atoms with Crippen LogP contribution in [-0.4, -0.2) is 80.7 Å².